The van der Waals surface area contributed by atoms with Crippen molar-refractivity contribution in [3.63, 3.8) is 0 Å². The first-order valence-electron chi connectivity index (χ1n) is 11.5. The van der Waals surface area contributed by atoms with Crippen molar-refractivity contribution in [1.29, 1.82) is 0 Å². The zero-order chi connectivity index (χ0) is 23.1. The van der Waals surface area contributed by atoms with E-state index in [1.807, 2.05) is 26.0 Å². The van der Waals surface area contributed by atoms with E-state index >= 15 is 0 Å². The van der Waals surface area contributed by atoms with Crippen LogP contribution in [0.3, 0.4) is 0 Å². The van der Waals surface area contributed by atoms with Crippen molar-refractivity contribution in [3.05, 3.63) is 58.7 Å². The van der Waals surface area contributed by atoms with Gasteiger partial charge >= 0.3 is 0 Å². The molecule has 1 amide bonds. The van der Waals surface area contributed by atoms with E-state index in [-0.39, 0.29) is 10.8 Å². The maximum atomic E-state index is 13.0. The smallest absolute Gasteiger partial charge is 0.262 e. The van der Waals surface area contributed by atoms with E-state index < -0.39 is 10.0 Å². The van der Waals surface area contributed by atoms with Gasteiger partial charge in [0.05, 0.1) is 10.6 Å². The highest BCUT2D eigenvalue weighted by atomic mass is 32.2. The molecule has 0 spiro atoms. The zero-order valence-corrected chi connectivity index (χ0v) is 20.2. The molecule has 1 saturated heterocycles. The van der Waals surface area contributed by atoms with E-state index in [2.05, 4.69) is 14.9 Å². The van der Waals surface area contributed by atoms with Crippen LogP contribution in [0.2, 0.25) is 0 Å². The Kier molecular flexibility index (Phi) is 8.32. The zero-order valence-electron chi connectivity index (χ0n) is 19.4. The number of nitrogens with one attached hydrogen (secondary N) is 2. The summed E-state index contributed by atoms with van der Waals surface area (Å²) < 4.78 is 28.8. The lowest BCUT2D eigenvalue weighted by Gasteiger charge is -2.19. The summed E-state index contributed by atoms with van der Waals surface area (Å²) >= 11 is 0. The Morgan fingerprint density at radius 2 is 1.66 bits per heavy atom. The Morgan fingerprint density at radius 1 is 0.938 bits per heavy atom. The lowest BCUT2D eigenvalue weighted by Crippen LogP contribution is -2.30. The summed E-state index contributed by atoms with van der Waals surface area (Å²) in [6, 6.07) is 10.4. The molecule has 0 aliphatic carbocycles. The fraction of sp³-hybridized carbons (Fsp3) is 0.480. The number of amides is 1. The number of carbonyl (C=O) groups excluding carboxylic acids is 1. The average molecular weight is 458 g/mol. The van der Waals surface area contributed by atoms with Gasteiger partial charge in [-0.2, -0.15) is 0 Å². The van der Waals surface area contributed by atoms with Crippen LogP contribution in [0, 0.1) is 20.8 Å². The quantitative estimate of drug-likeness (QED) is 0.576. The molecule has 0 saturated carbocycles. The number of nitrogens with zero attached hydrogens (tertiary/aromatic N) is 1. The lowest BCUT2D eigenvalue weighted by atomic mass is 10.1. The second-order valence-corrected chi connectivity index (χ2v) is 10.4. The number of hydrogen-bond donors (Lipinski definition) is 2. The molecule has 2 aromatic carbocycles. The summed E-state index contributed by atoms with van der Waals surface area (Å²) in [6.07, 6.45) is 6.01. The van der Waals surface area contributed by atoms with Crippen LogP contribution in [0.1, 0.15) is 59.2 Å². The third-order valence-corrected chi connectivity index (χ3v) is 7.51. The van der Waals surface area contributed by atoms with Gasteiger partial charge in [0, 0.05) is 12.1 Å². The molecular weight excluding hydrogens is 422 g/mol. The van der Waals surface area contributed by atoms with E-state index in [1.165, 1.54) is 31.7 Å². The van der Waals surface area contributed by atoms with Crippen LogP contribution in [0.15, 0.2) is 41.3 Å². The van der Waals surface area contributed by atoms with E-state index in [9.17, 15) is 13.2 Å². The molecule has 0 bridgehead atoms. The van der Waals surface area contributed by atoms with Crippen LogP contribution >= 0.6 is 0 Å². The van der Waals surface area contributed by atoms with Gasteiger partial charge in [0.25, 0.3) is 15.9 Å². The predicted molar refractivity (Wildman–Crippen MR) is 130 cm³/mol. The van der Waals surface area contributed by atoms with Gasteiger partial charge in [-0.1, -0.05) is 36.6 Å². The van der Waals surface area contributed by atoms with Crippen LogP contribution < -0.4 is 10.0 Å². The normalized spacial score (nSPS) is 15.2. The SMILES string of the molecule is Cc1ccc(NS(=O)(=O)c2cc(C(=O)NCCCN3CCCCCC3)ccc2C)c(C)c1. The van der Waals surface area contributed by atoms with Gasteiger partial charge in [0.15, 0.2) is 0 Å². The second kappa shape index (κ2) is 11.0. The van der Waals surface area contributed by atoms with Gasteiger partial charge in [0.1, 0.15) is 0 Å². The number of hydrogen-bond acceptors (Lipinski definition) is 4. The molecule has 7 heteroatoms. The molecule has 0 radical (unpaired) electrons. The summed E-state index contributed by atoms with van der Waals surface area (Å²) in [5, 5.41) is 2.94. The summed E-state index contributed by atoms with van der Waals surface area (Å²) in [7, 11) is -3.82. The lowest BCUT2D eigenvalue weighted by molar-refractivity contribution is 0.0951. The highest BCUT2D eigenvalue weighted by molar-refractivity contribution is 7.92. The summed E-state index contributed by atoms with van der Waals surface area (Å²) in [4.78, 5) is 15.2. The van der Waals surface area contributed by atoms with Gasteiger partial charge in [-0.05, 0) is 89.0 Å². The average Bonchev–Trinajstić information content (AvgIpc) is 3.02. The molecule has 1 aliphatic rings. The fourth-order valence-corrected chi connectivity index (χ4v) is 5.53. The van der Waals surface area contributed by atoms with Crippen LogP contribution in [-0.4, -0.2) is 45.4 Å². The molecule has 0 unspecified atom stereocenters. The Labute approximate surface area is 192 Å². The first-order chi connectivity index (χ1) is 15.3. The first kappa shape index (κ1) is 24.3. The molecule has 2 N–H and O–H groups in total. The summed E-state index contributed by atoms with van der Waals surface area (Å²) in [6.45, 7) is 9.40. The number of likely N-dealkylation sites (tertiary alicyclic amines) is 1. The largest absolute Gasteiger partial charge is 0.352 e. The molecule has 1 aliphatic heterocycles. The van der Waals surface area contributed by atoms with Gasteiger partial charge in [-0.15, -0.1) is 0 Å². The van der Waals surface area contributed by atoms with E-state index in [4.69, 9.17) is 0 Å². The van der Waals surface area contributed by atoms with Crippen molar-refractivity contribution >= 4 is 21.6 Å². The first-order valence-corrected chi connectivity index (χ1v) is 13.0. The number of aryl methyl sites for hydroxylation is 3. The molecule has 1 heterocycles. The Hall–Kier alpha value is -2.38. The predicted octanol–water partition coefficient (Wildman–Crippen LogP) is 4.41. The van der Waals surface area contributed by atoms with Crippen LogP contribution in [0.5, 0.6) is 0 Å². The van der Waals surface area contributed by atoms with Crippen LogP contribution in [0.25, 0.3) is 0 Å². The van der Waals surface area contributed by atoms with Crippen molar-refractivity contribution in [3.8, 4) is 0 Å². The second-order valence-electron chi connectivity index (χ2n) is 8.77. The highest BCUT2D eigenvalue weighted by Crippen LogP contribution is 2.23. The minimum Gasteiger partial charge on any atom is -0.352 e. The van der Waals surface area contributed by atoms with Crippen molar-refractivity contribution in [2.75, 3.05) is 30.9 Å². The maximum absolute atomic E-state index is 13.0. The van der Waals surface area contributed by atoms with Gasteiger partial charge in [-0.3, -0.25) is 9.52 Å². The molecule has 3 rings (SSSR count). The maximum Gasteiger partial charge on any atom is 0.262 e. The number of rotatable bonds is 8. The van der Waals surface area contributed by atoms with Gasteiger partial charge < -0.3 is 10.2 Å². The molecule has 6 nitrogen and oxygen atoms in total. The van der Waals surface area contributed by atoms with E-state index in [0.29, 0.717) is 23.4 Å². The molecule has 0 aromatic heterocycles. The number of benzene rings is 2. The third kappa shape index (κ3) is 6.56. The Bertz CT molecular complexity index is 1040. The molecular formula is C25H35N3O3S. The van der Waals surface area contributed by atoms with Crippen molar-refractivity contribution < 1.29 is 13.2 Å². The topological polar surface area (TPSA) is 78.5 Å². The van der Waals surface area contributed by atoms with Crippen molar-refractivity contribution in [1.82, 2.24) is 10.2 Å². The Morgan fingerprint density at radius 3 is 2.34 bits per heavy atom. The van der Waals surface area contributed by atoms with Crippen molar-refractivity contribution in [2.45, 2.75) is 57.8 Å². The van der Waals surface area contributed by atoms with Crippen molar-refractivity contribution in [2.24, 2.45) is 0 Å². The minimum absolute atomic E-state index is 0.120. The minimum atomic E-state index is -3.82. The van der Waals surface area contributed by atoms with Gasteiger partial charge in [0.2, 0.25) is 0 Å². The summed E-state index contributed by atoms with van der Waals surface area (Å²) in [5.41, 5.74) is 3.41. The van der Waals surface area contributed by atoms with Gasteiger partial charge in [-0.25, -0.2) is 8.42 Å². The Balaban J connectivity index is 1.63. The van der Waals surface area contributed by atoms with Crippen LogP contribution in [0.4, 0.5) is 5.69 Å². The molecule has 1 fully saturated rings. The fourth-order valence-electron chi connectivity index (χ4n) is 4.13. The standard InChI is InChI=1S/C25H35N3O3S/c1-19-9-12-23(21(3)17-19)27-32(30,31)24-18-22(11-10-20(24)2)25(29)26-13-8-16-28-14-6-4-5-7-15-28/h9-12,17-18,27H,4-8,13-16H2,1-3H3,(H,26,29). The molecule has 32 heavy (non-hydrogen) atoms. The molecule has 174 valence electrons. The monoisotopic (exact) mass is 457 g/mol. The molecule has 0 atom stereocenters. The molecule has 2 aromatic rings. The van der Waals surface area contributed by atoms with E-state index in [0.717, 1.165) is 37.2 Å². The number of sulfonamides is 1. The summed E-state index contributed by atoms with van der Waals surface area (Å²) in [5.74, 6) is -0.246. The number of anilines is 1. The number of carbonyl (C=O) groups is 1. The third-order valence-electron chi connectivity index (χ3n) is 6.00. The van der Waals surface area contributed by atoms with Crippen LogP contribution in [-0.2, 0) is 10.0 Å². The highest BCUT2D eigenvalue weighted by Gasteiger charge is 2.20. The van der Waals surface area contributed by atoms with E-state index in [1.54, 1.807) is 25.1 Å².